The molecule has 1 unspecified atom stereocenters. The smallest absolute Gasteiger partial charge is 0.129 e. The number of hydrogen-bond acceptors (Lipinski definition) is 4. The molecule has 2 N–H and O–H groups in total. The summed E-state index contributed by atoms with van der Waals surface area (Å²) >= 11 is 0. The average molecular weight is 240 g/mol. The van der Waals surface area contributed by atoms with Crippen LogP contribution in [0.1, 0.15) is 18.2 Å². The molecule has 1 rings (SSSR count). The molecule has 0 saturated carbocycles. The zero-order chi connectivity index (χ0) is 13.0. The van der Waals surface area contributed by atoms with Crippen LogP contribution >= 0.6 is 0 Å². The zero-order valence-corrected chi connectivity index (χ0v) is 11.5. The number of rotatable bonds is 6. The summed E-state index contributed by atoms with van der Waals surface area (Å²) < 4.78 is 7.21. The predicted octanol–water partition coefficient (Wildman–Crippen LogP) is 0.701. The van der Waals surface area contributed by atoms with Crippen LogP contribution < -0.4 is 10.6 Å². The average Bonchev–Trinajstić information content (AvgIpc) is 2.54. The molecular weight excluding hydrogens is 216 g/mol. The SMILES string of the molecule is COC(C)CN(C)c1c(CCN)c(C)nn1C. The largest absolute Gasteiger partial charge is 0.380 e. The molecule has 5 nitrogen and oxygen atoms in total. The lowest BCUT2D eigenvalue weighted by molar-refractivity contribution is 0.124. The Bertz CT molecular complexity index is 362. The summed E-state index contributed by atoms with van der Waals surface area (Å²) in [5.41, 5.74) is 7.95. The van der Waals surface area contributed by atoms with Crippen LogP contribution in [0.4, 0.5) is 5.82 Å². The molecule has 1 aromatic rings. The number of nitrogens with zero attached hydrogens (tertiary/aromatic N) is 3. The third-order valence-electron chi connectivity index (χ3n) is 3.00. The van der Waals surface area contributed by atoms with E-state index < -0.39 is 0 Å². The summed E-state index contributed by atoms with van der Waals surface area (Å²) in [6.45, 7) is 5.57. The Morgan fingerprint density at radius 1 is 1.53 bits per heavy atom. The van der Waals surface area contributed by atoms with Crippen LogP contribution in [0.15, 0.2) is 0 Å². The molecule has 0 aromatic carbocycles. The van der Waals surface area contributed by atoms with Gasteiger partial charge in [0.25, 0.3) is 0 Å². The topological polar surface area (TPSA) is 56.3 Å². The van der Waals surface area contributed by atoms with E-state index in [4.69, 9.17) is 10.5 Å². The van der Waals surface area contributed by atoms with Crippen molar-refractivity contribution in [3.63, 3.8) is 0 Å². The summed E-state index contributed by atoms with van der Waals surface area (Å²) in [7, 11) is 5.76. The van der Waals surface area contributed by atoms with Gasteiger partial charge in [-0.2, -0.15) is 5.10 Å². The minimum Gasteiger partial charge on any atom is -0.380 e. The van der Waals surface area contributed by atoms with Gasteiger partial charge in [-0.05, 0) is 26.8 Å². The number of aromatic nitrogens is 2. The molecule has 0 aliphatic carbocycles. The van der Waals surface area contributed by atoms with Crippen LogP contribution in [0.2, 0.25) is 0 Å². The minimum absolute atomic E-state index is 0.195. The molecule has 1 aromatic heterocycles. The third-order valence-corrected chi connectivity index (χ3v) is 3.00. The van der Waals surface area contributed by atoms with Crippen molar-refractivity contribution in [1.29, 1.82) is 0 Å². The van der Waals surface area contributed by atoms with Gasteiger partial charge in [-0.3, -0.25) is 4.68 Å². The van der Waals surface area contributed by atoms with Crippen molar-refractivity contribution in [1.82, 2.24) is 9.78 Å². The van der Waals surface area contributed by atoms with Gasteiger partial charge in [0.1, 0.15) is 5.82 Å². The summed E-state index contributed by atoms with van der Waals surface area (Å²) in [4.78, 5) is 2.18. The second-order valence-corrected chi connectivity index (χ2v) is 4.48. The van der Waals surface area contributed by atoms with E-state index in [0.29, 0.717) is 6.54 Å². The van der Waals surface area contributed by atoms with Gasteiger partial charge < -0.3 is 15.4 Å². The molecule has 0 spiro atoms. The molecule has 0 saturated heterocycles. The van der Waals surface area contributed by atoms with Crippen LogP contribution in [0, 0.1) is 6.92 Å². The first-order valence-electron chi connectivity index (χ1n) is 5.97. The van der Waals surface area contributed by atoms with Crippen molar-refractivity contribution in [2.75, 3.05) is 32.1 Å². The molecule has 0 amide bonds. The lowest BCUT2D eigenvalue weighted by Crippen LogP contribution is -2.30. The van der Waals surface area contributed by atoms with Gasteiger partial charge in [0.2, 0.25) is 0 Å². The fourth-order valence-electron chi connectivity index (χ4n) is 2.15. The summed E-state index contributed by atoms with van der Waals surface area (Å²) in [6, 6.07) is 0. The quantitative estimate of drug-likeness (QED) is 0.795. The Labute approximate surface area is 104 Å². The third kappa shape index (κ3) is 3.20. The molecule has 0 radical (unpaired) electrons. The van der Waals surface area contributed by atoms with Crippen molar-refractivity contribution in [2.45, 2.75) is 26.4 Å². The monoisotopic (exact) mass is 240 g/mol. The van der Waals surface area contributed by atoms with Crippen LogP contribution in [0.25, 0.3) is 0 Å². The highest BCUT2D eigenvalue weighted by Crippen LogP contribution is 2.22. The van der Waals surface area contributed by atoms with E-state index in [1.165, 1.54) is 5.56 Å². The van der Waals surface area contributed by atoms with Gasteiger partial charge in [-0.25, -0.2) is 0 Å². The Kier molecular flexibility index (Phi) is 4.96. The van der Waals surface area contributed by atoms with E-state index in [1.807, 2.05) is 18.7 Å². The Hall–Kier alpha value is -1.07. The molecule has 98 valence electrons. The molecule has 1 atom stereocenters. The van der Waals surface area contributed by atoms with E-state index >= 15 is 0 Å². The first kappa shape index (κ1) is 14.0. The molecule has 0 bridgehead atoms. The van der Waals surface area contributed by atoms with Gasteiger partial charge in [0, 0.05) is 33.3 Å². The Morgan fingerprint density at radius 2 is 2.18 bits per heavy atom. The number of likely N-dealkylation sites (N-methyl/N-ethyl adjacent to an activating group) is 1. The van der Waals surface area contributed by atoms with Crippen molar-refractivity contribution in [3.05, 3.63) is 11.3 Å². The number of hydrogen-bond donors (Lipinski definition) is 1. The molecule has 0 aliphatic heterocycles. The van der Waals surface area contributed by atoms with Gasteiger partial charge in [0.05, 0.1) is 11.8 Å². The first-order valence-corrected chi connectivity index (χ1v) is 5.97. The molecule has 1 heterocycles. The maximum Gasteiger partial charge on any atom is 0.129 e. The highest BCUT2D eigenvalue weighted by atomic mass is 16.5. The number of methoxy groups -OCH3 is 1. The van der Waals surface area contributed by atoms with E-state index in [9.17, 15) is 0 Å². The summed E-state index contributed by atoms with van der Waals surface area (Å²) in [6.07, 6.45) is 1.06. The lowest BCUT2D eigenvalue weighted by atomic mass is 10.1. The van der Waals surface area contributed by atoms with E-state index in [2.05, 4.69) is 24.0 Å². The first-order chi connectivity index (χ1) is 8.01. The van der Waals surface area contributed by atoms with Crippen molar-refractivity contribution in [3.8, 4) is 0 Å². The number of nitrogens with two attached hydrogens (primary N) is 1. The van der Waals surface area contributed by atoms with Gasteiger partial charge in [-0.15, -0.1) is 0 Å². The van der Waals surface area contributed by atoms with Gasteiger partial charge in [0.15, 0.2) is 0 Å². The van der Waals surface area contributed by atoms with E-state index in [0.717, 1.165) is 24.5 Å². The van der Waals surface area contributed by atoms with Gasteiger partial charge >= 0.3 is 0 Å². The number of anilines is 1. The highest BCUT2D eigenvalue weighted by Gasteiger charge is 2.17. The Morgan fingerprint density at radius 3 is 2.71 bits per heavy atom. The van der Waals surface area contributed by atoms with Crippen molar-refractivity contribution in [2.24, 2.45) is 12.8 Å². The molecule has 0 fully saturated rings. The summed E-state index contributed by atoms with van der Waals surface area (Å²) in [5, 5.41) is 4.46. The maximum absolute atomic E-state index is 5.65. The highest BCUT2D eigenvalue weighted by molar-refractivity contribution is 5.49. The summed E-state index contributed by atoms with van der Waals surface area (Å²) in [5.74, 6) is 1.14. The fraction of sp³-hybridized carbons (Fsp3) is 0.750. The molecule has 5 heteroatoms. The van der Waals surface area contributed by atoms with Crippen LogP contribution in [-0.2, 0) is 18.2 Å². The normalized spacial score (nSPS) is 12.8. The van der Waals surface area contributed by atoms with Crippen LogP contribution in [0.5, 0.6) is 0 Å². The molecular formula is C12H24N4O. The van der Waals surface area contributed by atoms with Crippen LogP contribution in [-0.4, -0.2) is 43.1 Å². The van der Waals surface area contributed by atoms with Crippen molar-refractivity contribution >= 4 is 5.82 Å². The predicted molar refractivity (Wildman–Crippen MR) is 70.4 cm³/mol. The van der Waals surface area contributed by atoms with Crippen LogP contribution in [0.3, 0.4) is 0 Å². The second kappa shape index (κ2) is 6.02. The standard InChI is InChI=1S/C12H24N4O/c1-9(17-5)8-15(3)12-11(6-7-13)10(2)14-16(12)4/h9H,6-8,13H2,1-5H3. The second-order valence-electron chi connectivity index (χ2n) is 4.48. The van der Waals surface area contributed by atoms with Gasteiger partial charge in [-0.1, -0.05) is 0 Å². The fourth-order valence-corrected chi connectivity index (χ4v) is 2.15. The number of ether oxygens (including phenoxy) is 1. The zero-order valence-electron chi connectivity index (χ0n) is 11.5. The molecule has 17 heavy (non-hydrogen) atoms. The number of aryl methyl sites for hydroxylation is 2. The van der Waals surface area contributed by atoms with Crippen molar-refractivity contribution < 1.29 is 4.74 Å². The van der Waals surface area contributed by atoms with E-state index in [-0.39, 0.29) is 6.10 Å². The molecule has 0 aliphatic rings. The maximum atomic E-state index is 5.65. The Balaban J connectivity index is 2.94. The van der Waals surface area contributed by atoms with E-state index in [1.54, 1.807) is 7.11 Å². The minimum atomic E-state index is 0.195. The lowest BCUT2D eigenvalue weighted by Gasteiger charge is -2.24.